The Labute approximate surface area is 807 Å². The van der Waals surface area contributed by atoms with Crippen molar-refractivity contribution in [2.45, 2.75) is 209 Å². The van der Waals surface area contributed by atoms with E-state index in [9.17, 15) is 132 Å². The van der Waals surface area contributed by atoms with Gasteiger partial charge in [-0.2, -0.15) is 0 Å². The zero-order valence-electron chi connectivity index (χ0n) is 77.1. The molecule has 762 valence electrons. The van der Waals surface area contributed by atoms with Crippen LogP contribution < -0.4 is 86.3 Å². The molecule has 4 aromatic carbocycles. The van der Waals surface area contributed by atoms with Crippen LogP contribution in [-0.4, -0.2) is 267 Å². The number of rotatable bonds is 57. The van der Waals surface area contributed by atoms with Crippen LogP contribution in [-0.2, 0) is 84.8 Å². The fourth-order valence-corrected chi connectivity index (χ4v) is 15.6. The molecular weight excluding hydrogens is 1850 g/mol. The second-order valence-corrected chi connectivity index (χ2v) is 34.1. The summed E-state index contributed by atoms with van der Waals surface area (Å²) < 4.78 is 0. The number of carbonyl (C=O) groups is 20. The fourth-order valence-electron chi connectivity index (χ4n) is 15.6. The van der Waals surface area contributed by atoms with Gasteiger partial charge in [-0.25, -0.2) is 55.2 Å². The molecule has 27 N–H and O–H groups in total. The number of carboxylic acids is 9. The van der Waals surface area contributed by atoms with Crippen molar-refractivity contribution in [1.82, 2.24) is 78.7 Å². The maximum Gasteiger partial charge on any atom is 0.326 e. The lowest BCUT2D eigenvalue weighted by atomic mass is 9.81. The summed E-state index contributed by atoms with van der Waals surface area (Å²) >= 11 is 0. The molecule has 48 nitrogen and oxygen atoms in total. The van der Waals surface area contributed by atoms with Gasteiger partial charge < -0.3 is 126 Å². The number of aromatic nitrogens is 2. The number of Topliss-reactive ketones (excluding diaryl/α,β-unsaturated/α-hetero) is 1. The zero-order chi connectivity index (χ0) is 103. The number of carboxylic acid groups (broad SMARTS) is 9. The molecule has 3 heterocycles. The van der Waals surface area contributed by atoms with Crippen LogP contribution in [0.25, 0.3) is 21.5 Å². The second-order valence-electron chi connectivity index (χ2n) is 34.1. The molecule has 13 amide bonds. The Kier molecular flexibility index (Phi) is 46.2. The highest BCUT2D eigenvalue weighted by Gasteiger charge is 2.36. The number of hydrazine groups is 2. The first-order valence-electron chi connectivity index (χ1n) is 45.8. The minimum absolute atomic E-state index is 0.0122. The Morgan fingerprint density at radius 2 is 0.723 bits per heavy atom. The third-order valence-corrected chi connectivity index (χ3v) is 23.6. The van der Waals surface area contributed by atoms with Crippen LogP contribution in [0.1, 0.15) is 180 Å². The maximum atomic E-state index is 13.8. The predicted molar refractivity (Wildman–Crippen MR) is 502 cm³/mol. The molecule has 0 bridgehead atoms. The third kappa shape index (κ3) is 40.1. The number of nitrogens with two attached hydrogens (primary N) is 2. The minimum Gasteiger partial charge on any atom is -0.481 e. The number of likely N-dealkylation sites (tertiary alicyclic amines) is 1. The van der Waals surface area contributed by atoms with Crippen LogP contribution >= 0.6 is 0 Å². The number of aliphatic carboxylic acids is 9. The van der Waals surface area contributed by atoms with Crippen molar-refractivity contribution in [1.29, 1.82) is 0 Å². The molecule has 9 atom stereocenters. The topological polar surface area (TPSA) is 773 Å². The molecule has 2 fully saturated rings. The van der Waals surface area contributed by atoms with Gasteiger partial charge in [0.2, 0.25) is 29.5 Å². The highest BCUT2D eigenvalue weighted by atomic mass is 16.4. The van der Waals surface area contributed by atoms with E-state index in [1.54, 1.807) is 0 Å². The first-order chi connectivity index (χ1) is 67.2. The van der Waals surface area contributed by atoms with E-state index in [1.807, 2.05) is 84.9 Å². The summed E-state index contributed by atoms with van der Waals surface area (Å²) in [6.07, 6.45) is 2.03. The van der Waals surface area contributed by atoms with Crippen molar-refractivity contribution in [2.75, 3.05) is 50.1 Å². The summed E-state index contributed by atoms with van der Waals surface area (Å²) in [5, 5.41) is 118. The van der Waals surface area contributed by atoms with Gasteiger partial charge >= 0.3 is 71.8 Å². The van der Waals surface area contributed by atoms with Gasteiger partial charge in [0.1, 0.15) is 53.9 Å². The number of fused-ring (bicyclic) bond motifs is 2. The van der Waals surface area contributed by atoms with Gasteiger partial charge in [0.05, 0.1) is 17.2 Å². The monoisotopic (exact) mass is 1970 g/mol. The molecule has 8 rings (SSSR count). The van der Waals surface area contributed by atoms with Crippen LogP contribution in [0.15, 0.2) is 122 Å². The lowest BCUT2D eigenvalue weighted by Crippen LogP contribution is -2.54. The van der Waals surface area contributed by atoms with Crippen molar-refractivity contribution in [3.63, 3.8) is 0 Å². The molecule has 9 unspecified atom stereocenters. The summed E-state index contributed by atoms with van der Waals surface area (Å²) in [4.78, 5) is 258. The molecule has 1 saturated heterocycles. The number of unbranched alkanes of at least 4 members (excludes halogenated alkanes) is 2. The minimum atomic E-state index is -1.57. The highest BCUT2D eigenvalue weighted by molar-refractivity contribution is 6.00. The molecule has 1 saturated carbocycles. The average molecular weight is 1970 g/mol. The number of hydrogen-bond acceptors (Lipinski definition) is 26. The lowest BCUT2D eigenvalue weighted by Gasteiger charge is -2.33. The van der Waals surface area contributed by atoms with Crippen LogP contribution in [0.4, 0.5) is 26.0 Å². The number of nitrogens with one attached hydrogen (secondary N) is 14. The van der Waals surface area contributed by atoms with E-state index in [0.29, 0.717) is 44.3 Å². The van der Waals surface area contributed by atoms with Crippen LogP contribution in [0, 0.1) is 23.7 Å². The number of ketones is 1. The normalized spacial score (nSPS) is 15.3. The molecule has 6 aromatic rings. The first kappa shape index (κ1) is 112. The molecule has 1 aliphatic carbocycles. The Hall–Kier alpha value is -15.8. The van der Waals surface area contributed by atoms with Crippen molar-refractivity contribution < 1.29 is 142 Å². The first-order valence-corrected chi connectivity index (χ1v) is 45.8. The van der Waals surface area contributed by atoms with Crippen LogP contribution in [0.5, 0.6) is 0 Å². The molecule has 2 aliphatic rings. The zero-order valence-corrected chi connectivity index (χ0v) is 77.1. The SMILES string of the molecule is NNc1ccc(C(=O)NC(CCC(=O)O)C(=O)CC(CCC(=O)O)C(=O)NCC2CCN(C(=O)NC(Cc3ccc4ccccc4c3)C(=O)NCCCCC(NC(=O)NC(CCC(=O)O)C(=O)O)C(=O)O)CC2)cn1.NNc1ccc(C(=O)NC(CCC(=O)O)C(=O)NCC2CCC(C(=O)NC(Cc3ccc4ccccc4c3)C(=O)NCCCCC(NC(=O)NC(CCC(=O)O)C(=O)O)C(=O)O)CC2)cn1. The molecule has 0 spiro atoms. The van der Waals surface area contributed by atoms with Gasteiger partial charge in [-0.05, 0) is 178 Å². The molecule has 2 aromatic heterocycles. The van der Waals surface area contributed by atoms with Gasteiger partial charge in [0, 0.05) is 115 Å². The molecule has 48 heteroatoms. The number of piperidine rings is 1. The standard InChI is InChI=1S/C49H64N10O16.C44H57N9O13/c50-58-39-14-10-33(27-52-39)44(68)54-34(12-16-41(63)64)38(60)25-32(11-15-40(61)62)43(67)53-26-28-18-21-59(22-19-28)49(75)57-37(24-29-8-9-30-5-1-2-6-31(30)23-29)45(69)51-20-4-3-7-35(46(70)71)55-48(74)56-36(47(72)73)13-17-42(65)66;45-53-35-17-14-30(24-47-35)39(59)49-31(15-18-36(54)55)40(60)48-23-25-8-12-28(13-9-25)38(58)50-34(22-26-10-11-27-5-1-2-6-29(27)21-26)41(61)46-20-4-3-7-32(42(62)63)51-44(66)52-33(43(64)65)16-19-37(56)57/h1-2,5-6,8-10,14,23,27-28,32,34-37H,3-4,7,11-13,15-22,24-26,50H2,(H,51,69)(H,52,58)(H,53,67)(H,54,68)(H,57,75)(H,61,62)(H,63,64)(H,65,66)(H,70,71)(H,72,73)(H2,55,56,74);1-2,5-6,10-11,14,17,21,24-25,28,31-34H,3-4,7-9,12-13,15-16,18-20,22-23,45H2,(H,46,61)(H,47,53)(H,48,60)(H,49,59)(H,50,58)(H,54,55)(H,56,57)(H,62,63)(H,64,65)(H2,51,52,66). The van der Waals surface area contributed by atoms with Gasteiger partial charge in [-0.1, -0.05) is 84.9 Å². The van der Waals surface area contributed by atoms with E-state index in [4.69, 9.17) is 21.9 Å². The number of amides is 13. The van der Waals surface area contributed by atoms with Crippen LogP contribution in [0.3, 0.4) is 0 Å². The van der Waals surface area contributed by atoms with Gasteiger partial charge in [0.15, 0.2) is 5.78 Å². The van der Waals surface area contributed by atoms with E-state index < -0.39 is 218 Å². The van der Waals surface area contributed by atoms with Crippen LogP contribution in [0.2, 0.25) is 0 Å². The van der Waals surface area contributed by atoms with Gasteiger partial charge in [-0.15, -0.1) is 0 Å². The maximum absolute atomic E-state index is 13.8. The second kappa shape index (κ2) is 58.1. The van der Waals surface area contributed by atoms with Crippen molar-refractivity contribution in [3.05, 3.63) is 144 Å². The average Bonchev–Trinajstić information content (AvgIpc) is 0.828. The Morgan fingerprint density at radius 1 is 0.355 bits per heavy atom. The molecule has 1 aliphatic heterocycles. The largest absolute Gasteiger partial charge is 0.481 e. The van der Waals surface area contributed by atoms with Crippen molar-refractivity contribution in [2.24, 2.45) is 35.4 Å². The number of nitrogens with zero attached hydrogens (tertiary/aromatic N) is 3. The van der Waals surface area contributed by atoms with Crippen molar-refractivity contribution >= 4 is 152 Å². The van der Waals surface area contributed by atoms with E-state index in [0.717, 1.165) is 32.7 Å². The molecule has 141 heavy (non-hydrogen) atoms. The summed E-state index contributed by atoms with van der Waals surface area (Å²) in [5.74, 6) is -6.90. The molecular formula is C93H121N19O29. The number of hydrogen-bond donors (Lipinski definition) is 25. The Morgan fingerprint density at radius 3 is 1.13 bits per heavy atom. The predicted octanol–water partition coefficient (Wildman–Crippen LogP) is 2.92. The van der Waals surface area contributed by atoms with E-state index in [2.05, 4.69) is 84.6 Å². The summed E-state index contributed by atoms with van der Waals surface area (Å²) in [6.45, 7) is 0.984. The number of pyridine rings is 2. The number of benzene rings is 4. The quantitative estimate of drug-likeness (QED) is 0.0148. The van der Waals surface area contributed by atoms with Gasteiger partial charge in [-0.3, -0.25) is 62.3 Å². The number of carbonyl (C=O) groups excluding carboxylic acids is 11. The number of nitrogen functional groups attached to an aromatic ring is 2. The number of anilines is 2. The van der Waals surface area contributed by atoms with E-state index >= 15 is 0 Å². The number of urea groups is 3. The Bertz CT molecular complexity index is 5370. The summed E-state index contributed by atoms with van der Waals surface area (Å²) in [7, 11) is 0. The Balaban J connectivity index is 0.000000386. The highest BCUT2D eigenvalue weighted by Crippen LogP contribution is 2.30. The molecule has 0 radical (unpaired) electrons. The van der Waals surface area contributed by atoms with E-state index in [-0.39, 0.29) is 151 Å². The fraction of sp³-hybridized carbons (Fsp3) is 0.462. The van der Waals surface area contributed by atoms with Crippen molar-refractivity contribution in [3.8, 4) is 0 Å². The smallest absolute Gasteiger partial charge is 0.326 e. The third-order valence-electron chi connectivity index (χ3n) is 23.6. The summed E-state index contributed by atoms with van der Waals surface area (Å²) in [5.41, 5.74) is 6.39. The lowest BCUT2D eigenvalue weighted by molar-refractivity contribution is -0.142. The van der Waals surface area contributed by atoms with E-state index in [1.165, 1.54) is 41.6 Å². The summed E-state index contributed by atoms with van der Waals surface area (Å²) in [6, 6.07) is 19.2. The van der Waals surface area contributed by atoms with Gasteiger partial charge in [0.25, 0.3) is 11.8 Å².